The summed E-state index contributed by atoms with van der Waals surface area (Å²) in [5.41, 5.74) is 3.09. The van der Waals surface area contributed by atoms with Gasteiger partial charge < -0.3 is 10.2 Å². The van der Waals surface area contributed by atoms with Crippen LogP contribution in [0.15, 0.2) is 36.4 Å². The van der Waals surface area contributed by atoms with E-state index in [0.29, 0.717) is 29.8 Å². The van der Waals surface area contributed by atoms with Crippen molar-refractivity contribution >= 4 is 28.9 Å². The normalized spacial score (nSPS) is 12.6. The number of carbonyl (C=O) groups excluding carboxylic acids is 2. The van der Waals surface area contributed by atoms with Crippen molar-refractivity contribution < 1.29 is 14.5 Å². The zero-order chi connectivity index (χ0) is 18.1. The molecular weight excluding hydrogens is 322 g/mol. The van der Waals surface area contributed by atoms with Crippen molar-refractivity contribution in [2.45, 2.75) is 20.3 Å². The topological polar surface area (TPSA) is 92.6 Å². The van der Waals surface area contributed by atoms with Crippen LogP contribution >= 0.6 is 0 Å². The summed E-state index contributed by atoms with van der Waals surface area (Å²) in [6, 6.07) is 9.74. The van der Waals surface area contributed by atoms with Gasteiger partial charge in [-0.2, -0.15) is 0 Å². The van der Waals surface area contributed by atoms with Gasteiger partial charge in [-0.25, -0.2) is 0 Å². The summed E-state index contributed by atoms with van der Waals surface area (Å²) in [5.74, 6) is -0.370. The van der Waals surface area contributed by atoms with Crippen molar-refractivity contribution in [2.24, 2.45) is 0 Å². The lowest BCUT2D eigenvalue weighted by atomic mass is 10.1. The minimum Gasteiger partial charge on any atom is -0.322 e. The highest BCUT2D eigenvalue weighted by Crippen LogP contribution is 2.29. The Bertz CT molecular complexity index is 892. The summed E-state index contributed by atoms with van der Waals surface area (Å²) in [7, 11) is 0. The molecule has 0 spiro atoms. The Morgan fingerprint density at radius 2 is 1.96 bits per heavy atom. The van der Waals surface area contributed by atoms with Gasteiger partial charge in [0.1, 0.15) is 0 Å². The predicted molar refractivity (Wildman–Crippen MR) is 94.0 cm³/mol. The van der Waals surface area contributed by atoms with Gasteiger partial charge in [0.15, 0.2) is 0 Å². The number of nitro groups is 1. The Morgan fingerprint density at radius 1 is 1.20 bits per heavy atom. The van der Waals surface area contributed by atoms with E-state index in [-0.39, 0.29) is 17.5 Å². The summed E-state index contributed by atoms with van der Waals surface area (Å²) in [4.78, 5) is 36.2. The standard InChI is InChI=1S/C18H17N3O4/c1-11-3-5-15(10-17(11)21(24)25)19-18(23)14-4-6-16-13(9-14)7-8-20(16)12(2)22/h3-6,9-10H,7-8H2,1-2H3,(H,19,23). The lowest BCUT2D eigenvalue weighted by molar-refractivity contribution is -0.385. The van der Waals surface area contributed by atoms with Crippen LogP contribution in [-0.4, -0.2) is 23.3 Å². The average Bonchev–Trinajstić information content (AvgIpc) is 2.99. The number of nitro benzene ring substituents is 1. The highest BCUT2D eigenvalue weighted by atomic mass is 16.6. The number of nitrogens with zero attached hydrogens (tertiary/aromatic N) is 2. The molecular formula is C18H17N3O4. The number of anilines is 2. The Balaban J connectivity index is 1.82. The van der Waals surface area contributed by atoms with Crippen LogP contribution in [0.2, 0.25) is 0 Å². The minimum absolute atomic E-state index is 0.0251. The fourth-order valence-corrected chi connectivity index (χ4v) is 2.96. The van der Waals surface area contributed by atoms with Crippen molar-refractivity contribution in [3.63, 3.8) is 0 Å². The lowest BCUT2D eigenvalue weighted by Crippen LogP contribution is -2.25. The molecule has 3 rings (SSSR count). The SMILES string of the molecule is CC(=O)N1CCc2cc(C(=O)Nc3ccc(C)c([N+](=O)[O-])c3)ccc21. The van der Waals surface area contributed by atoms with Gasteiger partial charge in [-0.15, -0.1) is 0 Å². The second-order valence-electron chi connectivity index (χ2n) is 5.98. The van der Waals surface area contributed by atoms with Gasteiger partial charge in [-0.3, -0.25) is 19.7 Å². The van der Waals surface area contributed by atoms with Crippen LogP contribution in [0, 0.1) is 17.0 Å². The van der Waals surface area contributed by atoms with Gasteiger partial charge in [0.2, 0.25) is 5.91 Å². The molecule has 0 fully saturated rings. The average molecular weight is 339 g/mol. The summed E-state index contributed by atoms with van der Waals surface area (Å²) in [6.45, 7) is 3.77. The lowest BCUT2D eigenvalue weighted by Gasteiger charge is -2.14. The summed E-state index contributed by atoms with van der Waals surface area (Å²) < 4.78 is 0. The monoisotopic (exact) mass is 339 g/mol. The molecule has 0 saturated carbocycles. The molecule has 0 atom stereocenters. The number of nitrogens with one attached hydrogen (secondary N) is 1. The maximum absolute atomic E-state index is 12.4. The van der Waals surface area contributed by atoms with E-state index in [2.05, 4.69) is 5.32 Å². The second-order valence-corrected chi connectivity index (χ2v) is 5.98. The molecule has 0 radical (unpaired) electrons. The maximum atomic E-state index is 12.4. The van der Waals surface area contributed by atoms with Crippen molar-refractivity contribution in [1.82, 2.24) is 0 Å². The van der Waals surface area contributed by atoms with E-state index in [4.69, 9.17) is 0 Å². The van der Waals surface area contributed by atoms with Crippen LogP contribution in [0.1, 0.15) is 28.4 Å². The summed E-state index contributed by atoms with van der Waals surface area (Å²) >= 11 is 0. The van der Waals surface area contributed by atoms with Crippen molar-refractivity contribution in [1.29, 1.82) is 0 Å². The van der Waals surface area contributed by atoms with Crippen LogP contribution in [0.5, 0.6) is 0 Å². The highest BCUT2D eigenvalue weighted by molar-refractivity contribution is 6.05. The van der Waals surface area contributed by atoms with E-state index in [1.807, 2.05) is 0 Å². The number of rotatable bonds is 3. The maximum Gasteiger partial charge on any atom is 0.274 e. The first-order valence-electron chi connectivity index (χ1n) is 7.84. The molecule has 2 amide bonds. The Morgan fingerprint density at radius 3 is 2.64 bits per heavy atom. The first-order valence-corrected chi connectivity index (χ1v) is 7.84. The van der Waals surface area contributed by atoms with Gasteiger partial charge in [0.25, 0.3) is 11.6 Å². The van der Waals surface area contributed by atoms with Gasteiger partial charge in [-0.1, -0.05) is 6.07 Å². The molecule has 25 heavy (non-hydrogen) atoms. The van der Waals surface area contributed by atoms with Crippen molar-refractivity contribution in [2.75, 3.05) is 16.8 Å². The minimum atomic E-state index is -0.475. The Kier molecular flexibility index (Phi) is 4.22. The smallest absolute Gasteiger partial charge is 0.274 e. The number of fused-ring (bicyclic) bond motifs is 1. The number of benzene rings is 2. The van der Waals surface area contributed by atoms with Crippen LogP contribution < -0.4 is 10.2 Å². The van der Waals surface area contributed by atoms with Crippen molar-refractivity contribution in [3.8, 4) is 0 Å². The number of amides is 2. The third-order valence-electron chi connectivity index (χ3n) is 4.28. The first-order chi connectivity index (χ1) is 11.9. The molecule has 1 N–H and O–H groups in total. The van der Waals surface area contributed by atoms with E-state index < -0.39 is 4.92 Å². The molecule has 7 nitrogen and oxygen atoms in total. The first kappa shape index (κ1) is 16.6. The second kappa shape index (κ2) is 6.35. The number of aryl methyl sites for hydroxylation is 1. The molecule has 0 aliphatic carbocycles. The molecule has 1 aliphatic heterocycles. The predicted octanol–water partition coefficient (Wildman–Crippen LogP) is 3.06. The van der Waals surface area contributed by atoms with E-state index in [1.165, 1.54) is 13.0 Å². The van der Waals surface area contributed by atoms with Gasteiger partial charge in [0.05, 0.1) is 4.92 Å². The molecule has 2 aromatic carbocycles. The molecule has 1 heterocycles. The number of carbonyl (C=O) groups is 2. The van der Waals surface area contributed by atoms with E-state index in [9.17, 15) is 19.7 Å². The largest absolute Gasteiger partial charge is 0.322 e. The highest BCUT2D eigenvalue weighted by Gasteiger charge is 2.23. The van der Waals surface area contributed by atoms with E-state index in [1.54, 1.807) is 42.2 Å². The van der Waals surface area contributed by atoms with Crippen LogP contribution in [-0.2, 0) is 11.2 Å². The third kappa shape index (κ3) is 3.21. The quantitative estimate of drug-likeness (QED) is 0.687. The zero-order valence-corrected chi connectivity index (χ0v) is 13.9. The van der Waals surface area contributed by atoms with Crippen LogP contribution in [0.25, 0.3) is 0 Å². The van der Waals surface area contributed by atoms with E-state index in [0.717, 1.165) is 11.3 Å². The molecule has 2 aromatic rings. The molecule has 0 bridgehead atoms. The number of hydrogen-bond donors (Lipinski definition) is 1. The van der Waals surface area contributed by atoms with Gasteiger partial charge in [-0.05, 0) is 43.2 Å². The van der Waals surface area contributed by atoms with Crippen LogP contribution in [0.4, 0.5) is 17.1 Å². The molecule has 0 unspecified atom stereocenters. The van der Waals surface area contributed by atoms with Crippen molar-refractivity contribution in [3.05, 3.63) is 63.2 Å². The van der Waals surface area contributed by atoms with E-state index >= 15 is 0 Å². The fraction of sp³-hybridized carbons (Fsp3) is 0.222. The molecule has 0 aromatic heterocycles. The summed E-state index contributed by atoms with van der Waals surface area (Å²) in [6.07, 6.45) is 0.700. The van der Waals surface area contributed by atoms with Crippen LogP contribution in [0.3, 0.4) is 0 Å². The number of hydrogen-bond acceptors (Lipinski definition) is 4. The molecule has 1 aliphatic rings. The zero-order valence-electron chi connectivity index (χ0n) is 13.9. The van der Waals surface area contributed by atoms with Gasteiger partial charge >= 0.3 is 0 Å². The third-order valence-corrected chi connectivity index (χ3v) is 4.28. The van der Waals surface area contributed by atoms with Gasteiger partial charge in [0, 0.05) is 42.0 Å². The molecule has 7 heteroatoms. The fourth-order valence-electron chi connectivity index (χ4n) is 2.96. The Hall–Kier alpha value is -3.22. The molecule has 128 valence electrons. The summed E-state index contributed by atoms with van der Waals surface area (Å²) in [5, 5.41) is 13.7. The molecule has 0 saturated heterocycles. The Labute approximate surface area is 144 Å².